The van der Waals surface area contributed by atoms with Crippen LogP contribution in [0.15, 0.2) is 53.4 Å². The number of benzene rings is 2. The standard InChI is InChI=1S/C22H26N2O5S/c1-16-9-11-19(12-10-16)30(27,28)23-14-13-21(25)29-17(2)22(26)24-15-5-7-18-6-3-4-8-20(18)24/h3-4,6,8-12,17,23H,5,7,13-15H2,1-2H3. The lowest BCUT2D eigenvalue weighted by Crippen LogP contribution is -2.43. The van der Waals surface area contributed by atoms with Crippen molar-refractivity contribution in [2.75, 3.05) is 18.0 Å². The summed E-state index contributed by atoms with van der Waals surface area (Å²) in [6.45, 7) is 3.87. The zero-order chi connectivity index (χ0) is 21.7. The Morgan fingerprint density at radius 2 is 1.83 bits per heavy atom. The Kier molecular flexibility index (Phi) is 6.89. The highest BCUT2D eigenvalue weighted by atomic mass is 32.2. The van der Waals surface area contributed by atoms with E-state index >= 15 is 0 Å². The molecule has 8 heteroatoms. The average Bonchev–Trinajstić information content (AvgIpc) is 2.73. The van der Waals surface area contributed by atoms with Crippen LogP contribution in [0.3, 0.4) is 0 Å². The summed E-state index contributed by atoms with van der Waals surface area (Å²) >= 11 is 0. The second-order valence-corrected chi connectivity index (χ2v) is 9.08. The molecule has 0 aromatic heterocycles. The molecule has 0 spiro atoms. The van der Waals surface area contributed by atoms with Gasteiger partial charge in [-0.1, -0.05) is 35.9 Å². The van der Waals surface area contributed by atoms with E-state index in [2.05, 4.69) is 4.72 Å². The predicted octanol–water partition coefficient (Wildman–Crippen LogP) is 2.57. The number of sulfonamides is 1. The molecule has 0 saturated carbocycles. The molecule has 2 aromatic rings. The number of fused-ring (bicyclic) bond motifs is 1. The fraction of sp³-hybridized carbons (Fsp3) is 0.364. The molecule has 7 nitrogen and oxygen atoms in total. The number of aryl methyl sites for hydroxylation is 2. The van der Waals surface area contributed by atoms with Gasteiger partial charge in [-0.3, -0.25) is 9.59 Å². The zero-order valence-electron chi connectivity index (χ0n) is 17.1. The SMILES string of the molecule is Cc1ccc(S(=O)(=O)NCCC(=O)OC(C)C(=O)N2CCCc3ccccc32)cc1. The number of nitrogens with zero attached hydrogens (tertiary/aromatic N) is 1. The molecule has 0 radical (unpaired) electrons. The van der Waals surface area contributed by atoms with Crippen LogP contribution in [0, 0.1) is 6.92 Å². The van der Waals surface area contributed by atoms with Gasteiger partial charge in [-0.25, -0.2) is 13.1 Å². The van der Waals surface area contributed by atoms with Crippen LogP contribution in [-0.2, 0) is 30.8 Å². The lowest BCUT2D eigenvalue weighted by molar-refractivity contribution is -0.153. The van der Waals surface area contributed by atoms with Gasteiger partial charge in [0.05, 0.1) is 11.3 Å². The maximum atomic E-state index is 12.8. The highest BCUT2D eigenvalue weighted by Gasteiger charge is 2.28. The molecular weight excluding hydrogens is 404 g/mol. The predicted molar refractivity (Wildman–Crippen MR) is 114 cm³/mol. The summed E-state index contributed by atoms with van der Waals surface area (Å²) in [5, 5.41) is 0. The zero-order valence-corrected chi connectivity index (χ0v) is 17.9. The summed E-state index contributed by atoms with van der Waals surface area (Å²) in [6, 6.07) is 14.1. The van der Waals surface area contributed by atoms with Gasteiger partial charge in [0, 0.05) is 18.8 Å². The largest absolute Gasteiger partial charge is 0.452 e. The molecule has 30 heavy (non-hydrogen) atoms. The van der Waals surface area contributed by atoms with Crippen LogP contribution in [0.2, 0.25) is 0 Å². The number of rotatable bonds is 7. The van der Waals surface area contributed by atoms with Crippen LogP contribution >= 0.6 is 0 Å². The lowest BCUT2D eigenvalue weighted by atomic mass is 10.0. The van der Waals surface area contributed by atoms with E-state index in [0.29, 0.717) is 6.54 Å². The van der Waals surface area contributed by atoms with Crippen LogP contribution in [-0.4, -0.2) is 39.5 Å². The molecule has 1 heterocycles. The fourth-order valence-electron chi connectivity index (χ4n) is 3.38. The molecule has 160 valence electrons. The molecule has 1 aliphatic rings. The van der Waals surface area contributed by atoms with Crippen LogP contribution in [0.4, 0.5) is 5.69 Å². The van der Waals surface area contributed by atoms with E-state index in [9.17, 15) is 18.0 Å². The van der Waals surface area contributed by atoms with Crippen molar-refractivity contribution in [2.24, 2.45) is 0 Å². The Labute approximate surface area is 177 Å². The molecular formula is C22H26N2O5S. The van der Waals surface area contributed by atoms with Crippen molar-refractivity contribution in [3.63, 3.8) is 0 Å². The van der Waals surface area contributed by atoms with Crippen molar-refractivity contribution in [3.05, 3.63) is 59.7 Å². The topological polar surface area (TPSA) is 92.8 Å². The minimum absolute atomic E-state index is 0.109. The second-order valence-electron chi connectivity index (χ2n) is 7.32. The quantitative estimate of drug-likeness (QED) is 0.682. The summed E-state index contributed by atoms with van der Waals surface area (Å²) in [6.07, 6.45) is 0.649. The number of para-hydroxylation sites is 1. The van der Waals surface area contributed by atoms with Crippen molar-refractivity contribution in [1.82, 2.24) is 4.72 Å². The summed E-state index contributed by atoms with van der Waals surface area (Å²) < 4.78 is 32.1. The molecule has 1 unspecified atom stereocenters. The van der Waals surface area contributed by atoms with E-state index in [1.165, 1.54) is 19.1 Å². The molecule has 0 bridgehead atoms. The van der Waals surface area contributed by atoms with Gasteiger partial charge < -0.3 is 9.64 Å². The minimum atomic E-state index is -3.70. The maximum absolute atomic E-state index is 12.8. The number of esters is 1. The highest BCUT2D eigenvalue weighted by molar-refractivity contribution is 7.89. The third-order valence-corrected chi connectivity index (χ3v) is 6.46. The van der Waals surface area contributed by atoms with Crippen molar-refractivity contribution in [2.45, 2.75) is 44.1 Å². The van der Waals surface area contributed by atoms with Crippen molar-refractivity contribution >= 4 is 27.6 Å². The third-order valence-electron chi connectivity index (χ3n) is 4.98. The number of anilines is 1. The first-order valence-corrected chi connectivity index (χ1v) is 11.4. The second kappa shape index (κ2) is 9.40. The number of carbonyl (C=O) groups is 2. The molecule has 0 saturated heterocycles. The van der Waals surface area contributed by atoms with Crippen molar-refractivity contribution in [1.29, 1.82) is 0 Å². The summed E-state index contributed by atoms with van der Waals surface area (Å²) in [7, 11) is -3.70. The van der Waals surface area contributed by atoms with Gasteiger partial charge in [-0.05, 0) is 50.5 Å². The van der Waals surface area contributed by atoms with Gasteiger partial charge in [0.2, 0.25) is 10.0 Å². The van der Waals surface area contributed by atoms with Crippen LogP contribution in [0.1, 0.15) is 30.9 Å². The maximum Gasteiger partial charge on any atom is 0.307 e. The van der Waals surface area contributed by atoms with Crippen molar-refractivity contribution < 1.29 is 22.7 Å². The molecule has 0 fully saturated rings. The Bertz CT molecular complexity index is 1020. The number of hydrogen-bond donors (Lipinski definition) is 1. The molecule has 1 aliphatic heterocycles. The summed E-state index contributed by atoms with van der Waals surface area (Å²) in [5.41, 5.74) is 2.90. The number of amides is 1. The molecule has 3 rings (SSSR count). The molecule has 1 N–H and O–H groups in total. The van der Waals surface area contributed by atoms with Gasteiger partial charge in [-0.15, -0.1) is 0 Å². The van der Waals surface area contributed by atoms with Crippen molar-refractivity contribution in [3.8, 4) is 0 Å². The molecule has 0 aliphatic carbocycles. The van der Waals surface area contributed by atoms with Crippen LogP contribution in [0.25, 0.3) is 0 Å². The van der Waals surface area contributed by atoms with Gasteiger partial charge in [0.25, 0.3) is 5.91 Å². The van der Waals surface area contributed by atoms with Gasteiger partial charge in [-0.2, -0.15) is 0 Å². The van der Waals surface area contributed by atoms with E-state index in [1.54, 1.807) is 17.0 Å². The fourth-order valence-corrected chi connectivity index (χ4v) is 4.41. The first-order valence-electron chi connectivity index (χ1n) is 9.93. The Morgan fingerprint density at radius 1 is 1.13 bits per heavy atom. The van der Waals surface area contributed by atoms with Crippen LogP contribution in [0.5, 0.6) is 0 Å². The number of ether oxygens (including phenoxy) is 1. The molecule has 1 atom stereocenters. The first-order chi connectivity index (χ1) is 14.3. The van der Waals surface area contributed by atoms with Gasteiger partial charge >= 0.3 is 5.97 Å². The Morgan fingerprint density at radius 3 is 2.57 bits per heavy atom. The smallest absolute Gasteiger partial charge is 0.307 e. The average molecular weight is 431 g/mol. The summed E-state index contributed by atoms with van der Waals surface area (Å²) in [5.74, 6) is -0.913. The molecule has 2 aromatic carbocycles. The van der Waals surface area contributed by atoms with Gasteiger partial charge in [0.15, 0.2) is 6.10 Å². The number of nitrogens with one attached hydrogen (secondary N) is 1. The highest BCUT2D eigenvalue weighted by Crippen LogP contribution is 2.27. The normalized spacial score (nSPS) is 14.7. The van der Waals surface area contributed by atoms with E-state index in [4.69, 9.17) is 4.74 Å². The van der Waals surface area contributed by atoms with E-state index in [-0.39, 0.29) is 23.8 Å². The number of hydrogen-bond acceptors (Lipinski definition) is 5. The van der Waals surface area contributed by atoms with Crippen LogP contribution < -0.4 is 9.62 Å². The monoisotopic (exact) mass is 430 g/mol. The Hall–Kier alpha value is -2.71. The minimum Gasteiger partial charge on any atom is -0.452 e. The summed E-state index contributed by atoms with van der Waals surface area (Å²) in [4.78, 5) is 26.7. The van der Waals surface area contributed by atoms with E-state index in [1.807, 2.05) is 31.2 Å². The molecule has 1 amide bonds. The first kappa shape index (κ1) is 22.0. The number of carbonyl (C=O) groups excluding carboxylic acids is 2. The lowest BCUT2D eigenvalue weighted by Gasteiger charge is -2.31. The van der Waals surface area contributed by atoms with Gasteiger partial charge in [0.1, 0.15) is 0 Å². The van der Waals surface area contributed by atoms with E-state index < -0.39 is 22.1 Å². The third kappa shape index (κ3) is 5.25. The Balaban J connectivity index is 1.51. The van der Waals surface area contributed by atoms with E-state index in [0.717, 1.165) is 29.7 Å².